The number of hydrogen-bond acceptors (Lipinski definition) is 4. The van der Waals surface area contributed by atoms with Gasteiger partial charge in [0.05, 0.1) is 17.1 Å². The number of rotatable bonds is 7. The van der Waals surface area contributed by atoms with E-state index in [-0.39, 0.29) is 10.8 Å². The molecule has 0 fully saturated rings. The Labute approximate surface area is 160 Å². The van der Waals surface area contributed by atoms with Crippen LogP contribution in [-0.2, 0) is 21.2 Å². The van der Waals surface area contributed by atoms with Gasteiger partial charge in [-0.05, 0) is 42.7 Å². The molecule has 7 heteroatoms. The second kappa shape index (κ2) is 8.54. The molecule has 1 aliphatic heterocycles. The van der Waals surface area contributed by atoms with Gasteiger partial charge in [-0.15, -0.1) is 0 Å². The second-order valence-corrected chi connectivity index (χ2v) is 8.17. The van der Waals surface area contributed by atoms with Crippen LogP contribution < -0.4 is 14.4 Å². The van der Waals surface area contributed by atoms with E-state index in [2.05, 4.69) is 4.72 Å². The highest BCUT2D eigenvalue weighted by Crippen LogP contribution is 2.31. The van der Waals surface area contributed by atoms with Crippen molar-refractivity contribution in [2.75, 3.05) is 24.6 Å². The molecule has 1 heterocycles. The zero-order valence-corrected chi connectivity index (χ0v) is 16.2. The fourth-order valence-electron chi connectivity index (χ4n) is 2.97. The highest BCUT2D eigenvalue weighted by atomic mass is 32.2. The van der Waals surface area contributed by atoms with Crippen LogP contribution in [0.5, 0.6) is 5.75 Å². The molecule has 144 valence electrons. The molecule has 0 bridgehead atoms. The van der Waals surface area contributed by atoms with Crippen LogP contribution in [0.15, 0.2) is 53.4 Å². The first-order valence-electron chi connectivity index (χ1n) is 9.12. The summed E-state index contributed by atoms with van der Waals surface area (Å²) >= 11 is 0. The second-order valence-electron chi connectivity index (χ2n) is 6.40. The highest BCUT2D eigenvalue weighted by Gasteiger charge is 2.23. The van der Waals surface area contributed by atoms with Gasteiger partial charge in [0, 0.05) is 13.0 Å². The first-order chi connectivity index (χ1) is 13.0. The van der Waals surface area contributed by atoms with Crippen LogP contribution in [0.4, 0.5) is 5.69 Å². The molecule has 0 atom stereocenters. The number of hydrogen-bond donors (Lipinski definition) is 1. The summed E-state index contributed by atoms with van der Waals surface area (Å²) in [7, 11) is -3.46. The van der Waals surface area contributed by atoms with E-state index in [4.69, 9.17) is 4.74 Å². The predicted molar refractivity (Wildman–Crippen MR) is 105 cm³/mol. The molecule has 0 aliphatic carbocycles. The van der Waals surface area contributed by atoms with Gasteiger partial charge in [-0.2, -0.15) is 0 Å². The molecule has 0 spiro atoms. The Hall–Kier alpha value is -2.38. The van der Waals surface area contributed by atoms with Crippen molar-refractivity contribution in [2.24, 2.45) is 0 Å². The summed E-state index contributed by atoms with van der Waals surface area (Å²) in [5.74, 6) is 0.762. The van der Waals surface area contributed by atoms with Gasteiger partial charge in [0.2, 0.25) is 15.9 Å². The Kier molecular flexibility index (Phi) is 6.13. The van der Waals surface area contributed by atoms with Crippen molar-refractivity contribution in [3.8, 4) is 5.75 Å². The van der Waals surface area contributed by atoms with Crippen molar-refractivity contribution in [1.82, 2.24) is 4.72 Å². The van der Waals surface area contributed by atoms with Crippen LogP contribution in [0, 0.1) is 0 Å². The Morgan fingerprint density at radius 2 is 1.89 bits per heavy atom. The number of para-hydroxylation sites is 2. The number of ether oxygens (including phenoxy) is 1. The van der Waals surface area contributed by atoms with E-state index in [0.717, 1.165) is 23.4 Å². The number of nitrogens with one attached hydrogen (secondary N) is 1. The molecular formula is C20H24N2O4S. The quantitative estimate of drug-likeness (QED) is 0.791. The largest absolute Gasteiger partial charge is 0.490 e. The molecule has 2 aromatic rings. The summed E-state index contributed by atoms with van der Waals surface area (Å²) in [6.45, 7) is 3.35. The van der Waals surface area contributed by atoms with Crippen molar-refractivity contribution >= 4 is 21.6 Å². The number of anilines is 1. The SMILES string of the molecule is CCCNS(=O)(=O)c1ccc(CCC(=O)N2CCOc3ccccc32)cc1. The third kappa shape index (κ3) is 4.67. The normalized spacial score (nSPS) is 13.7. The summed E-state index contributed by atoms with van der Waals surface area (Å²) in [5.41, 5.74) is 1.73. The van der Waals surface area contributed by atoms with E-state index in [9.17, 15) is 13.2 Å². The van der Waals surface area contributed by atoms with Crippen LogP contribution >= 0.6 is 0 Å². The molecule has 0 unspecified atom stereocenters. The fraction of sp³-hybridized carbons (Fsp3) is 0.350. The van der Waals surface area contributed by atoms with Gasteiger partial charge in [0.15, 0.2) is 0 Å². The molecule has 27 heavy (non-hydrogen) atoms. The van der Waals surface area contributed by atoms with E-state index in [1.807, 2.05) is 31.2 Å². The zero-order chi connectivity index (χ0) is 19.3. The van der Waals surface area contributed by atoms with Gasteiger partial charge in [-0.3, -0.25) is 4.79 Å². The fourth-order valence-corrected chi connectivity index (χ4v) is 4.10. The van der Waals surface area contributed by atoms with Crippen LogP contribution in [-0.4, -0.2) is 34.0 Å². The van der Waals surface area contributed by atoms with Crippen molar-refractivity contribution in [3.05, 3.63) is 54.1 Å². The number of fused-ring (bicyclic) bond motifs is 1. The van der Waals surface area contributed by atoms with E-state index in [0.29, 0.717) is 32.5 Å². The average Bonchev–Trinajstić information content (AvgIpc) is 2.70. The van der Waals surface area contributed by atoms with Gasteiger partial charge in [-0.1, -0.05) is 31.2 Å². The first-order valence-corrected chi connectivity index (χ1v) is 10.6. The maximum Gasteiger partial charge on any atom is 0.240 e. The summed E-state index contributed by atoms with van der Waals surface area (Å²) in [4.78, 5) is 14.6. The maximum absolute atomic E-state index is 12.6. The van der Waals surface area contributed by atoms with Crippen LogP contribution in [0.3, 0.4) is 0 Å². The van der Waals surface area contributed by atoms with Crippen molar-refractivity contribution in [2.45, 2.75) is 31.1 Å². The third-order valence-electron chi connectivity index (χ3n) is 4.43. The van der Waals surface area contributed by atoms with Gasteiger partial charge in [-0.25, -0.2) is 13.1 Å². The molecule has 2 aromatic carbocycles. The summed E-state index contributed by atoms with van der Waals surface area (Å²) in [6, 6.07) is 14.2. The van der Waals surface area contributed by atoms with E-state index >= 15 is 0 Å². The van der Waals surface area contributed by atoms with Gasteiger partial charge < -0.3 is 9.64 Å². The van der Waals surface area contributed by atoms with Gasteiger partial charge >= 0.3 is 0 Å². The molecule has 3 rings (SSSR count). The molecule has 0 saturated heterocycles. The Bertz CT molecular complexity index is 894. The summed E-state index contributed by atoms with van der Waals surface area (Å²) in [6.07, 6.45) is 1.65. The molecule has 1 amide bonds. The number of carbonyl (C=O) groups is 1. The Morgan fingerprint density at radius 1 is 1.15 bits per heavy atom. The first kappa shape index (κ1) is 19.4. The van der Waals surface area contributed by atoms with E-state index in [1.54, 1.807) is 29.2 Å². The number of amides is 1. The van der Waals surface area contributed by atoms with Gasteiger partial charge in [0.25, 0.3) is 0 Å². The van der Waals surface area contributed by atoms with Crippen LogP contribution in [0.2, 0.25) is 0 Å². The van der Waals surface area contributed by atoms with E-state index in [1.165, 1.54) is 0 Å². The average molecular weight is 388 g/mol. The minimum Gasteiger partial charge on any atom is -0.490 e. The number of nitrogens with zero attached hydrogens (tertiary/aromatic N) is 1. The number of aryl methyl sites for hydroxylation is 1. The maximum atomic E-state index is 12.6. The number of carbonyl (C=O) groups excluding carboxylic acids is 1. The zero-order valence-electron chi connectivity index (χ0n) is 15.3. The molecule has 1 aliphatic rings. The molecular weight excluding hydrogens is 364 g/mol. The van der Waals surface area contributed by atoms with Crippen molar-refractivity contribution in [3.63, 3.8) is 0 Å². The smallest absolute Gasteiger partial charge is 0.240 e. The molecule has 0 saturated carbocycles. The van der Waals surface area contributed by atoms with Crippen molar-refractivity contribution < 1.29 is 17.9 Å². The van der Waals surface area contributed by atoms with E-state index < -0.39 is 10.0 Å². The lowest BCUT2D eigenvalue weighted by molar-refractivity contribution is -0.118. The minimum atomic E-state index is -3.46. The third-order valence-corrected chi connectivity index (χ3v) is 5.91. The lowest BCUT2D eigenvalue weighted by Crippen LogP contribution is -2.38. The minimum absolute atomic E-state index is 0.0343. The summed E-state index contributed by atoms with van der Waals surface area (Å²) in [5, 5.41) is 0. The lowest BCUT2D eigenvalue weighted by Gasteiger charge is -2.29. The monoisotopic (exact) mass is 388 g/mol. The topological polar surface area (TPSA) is 75.7 Å². The highest BCUT2D eigenvalue weighted by molar-refractivity contribution is 7.89. The number of benzene rings is 2. The number of sulfonamides is 1. The van der Waals surface area contributed by atoms with Gasteiger partial charge in [0.1, 0.15) is 12.4 Å². The molecule has 1 N–H and O–H groups in total. The standard InChI is InChI=1S/C20H24N2O4S/c1-2-13-21-27(24,25)17-10-7-16(8-11-17)9-12-20(23)22-14-15-26-19-6-4-3-5-18(19)22/h3-8,10-11,21H,2,9,12-15H2,1H3. The lowest BCUT2D eigenvalue weighted by atomic mass is 10.1. The summed E-state index contributed by atoms with van der Waals surface area (Å²) < 4.78 is 32.3. The predicted octanol–water partition coefficient (Wildman–Crippen LogP) is 2.73. The molecule has 0 radical (unpaired) electrons. The van der Waals surface area contributed by atoms with Crippen LogP contribution in [0.1, 0.15) is 25.3 Å². The Balaban J connectivity index is 1.62. The molecule has 0 aromatic heterocycles. The van der Waals surface area contributed by atoms with Crippen LogP contribution in [0.25, 0.3) is 0 Å². The Morgan fingerprint density at radius 3 is 2.63 bits per heavy atom. The molecule has 6 nitrogen and oxygen atoms in total. The van der Waals surface area contributed by atoms with Crippen molar-refractivity contribution in [1.29, 1.82) is 0 Å².